The van der Waals surface area contributed by atoms with E-state index in [0.717, 1.165) is 0 Å². The van der Waals surface area contributed by atoms with Gasteiger partial charge in [0.15, 0.2) is 18.0 Å². The third-order valence-corrected chi connectivity index (χ3v) is 7.08. The number of fused-ring (bicyclic) bond motifs is 2. The normalized spacial score (nSPS) is 34.4. The van der Waals surface area contributed by atoms with E-state index in [9.17, 15) is 24.0 Å². The number of rotatable bonds is 5. The number of carbonyl (C=O) groups is 5. The number of furan rings is 1. The summed E-state index contributed by atoms with van der Waals surface area (Å²) in [7, 11) is 0. The van der Waals surface area contributed by atoms with Crippen LogP contribution in [0.25, 0.3) is 0 Å². The first-order chi connectivity index (χ1) is 17.3. The van der Waals surface area contributed by atoms with Crippen LogP contribution in [0, 0.1) is 5.92 Å². The lowest BCUT2D eigenvalue weighted by molar-refractivity contribution is -0.193. The van der Waals surface area contributed by atoms with Crippen molar-refractivity contribution in [3.8, 4) is 0 Å². The molecule has 0 amide bonds. The molecular weight excluding hydrogens is 488 g/mol. The lowest BCUT2D eigenvalue weighted by Gasteiger charge is -2.36. The number of esters is 4. The summed E-state index contributed by atoms with van der Waals surface area (Å²) in [6, 6.07) is 1.43. The highest BCUT2D eigenvalue weighted by atomic mass is 16.7. The van der Waals surface area contributed by atoms with E-state index in [0.29, 0.717) is 11.9 Å². The van der Waals surface area contributed by atoms with Crippen molar-refractivity contribution in [1.82, 2.24) is 0 Å². The van der Waals surface area contributed by atoms with Crippen molar-refractivity contribution in [2.24, 2.45) is 5.92 Å². The van der Waals surface area contributed by atoms with Crippen molar-refractivity contribution in [3.05, 3.63) is 35.3 Å². The minimum Gasteiger partial charge on any atom is -0.461 e. The molecule has 4 rings (SSSR count). The Morgan fingerprint density at radius 1 is 1.11 bits per heavy atom. The second-order valence-corrected chi connectivity index (χ2v) is 10.1. The predicted molar refractivity (Wildman–Crippen MR) is 123 cm³/mol. The monoisotopic (exact) mass is 518 g/mol. The summed E-state index contributed by atoms with van der Waals surface area (Å²) in [6.45, 7) is 10.9. The van der Waals surface area contributed by atoms with Crippen LogP contribution >= 0.6 is 0 Å². The quantitative estimate of drug-likeness (QED) is 0.186. The molecule has 3 aliphatic heterocycles. The standard InChI is InChI=1S/C26H30O11/c1-12(2)16-7-18-17(11-27)8-19(34-18)22(33-14(4)29)25(6,36-15(5)30)10-20-23-26(37-23,24(31)35-20)21(9-16)32-13(3)28/h8,11,16,20-23H,1,7,9-10H2,2-6H3. The molecule has 2 saturated heterocycles. The van der Waals surface area contributed by atoms with Crippen LogP contribution in [0.4, 0.5) is 0 Å². The molecule has 11 heteroatoms. The highest BCUT2D eigenvalue weighted by Gasteiger charge is 2.78. The van der Waals surface area contributed by atoms with Gasteiger partial charge in [-0.25, -0.2) is 4.79 Å². The van der Waals surface area contributed by atoms with Gasteiger partial charge < -0.3 is 28.1 Å². The van der Waals surface area contributed by atoms with E-state index in [-0.39, 0.29) is 42.3 Å². The van der Waals surface area contributed by atoms with E-state index < -0.39 is 59.5 Å². The van der Waals surface area contributed by atoms with Crippen LogP contribution in [-0.4, -0.2) is 59.7 Å². The van der Waals surface area contributed by atoms with E-state index in [4.69, 9.17) is 28.1 Å². The molecule has 1 aromatic heterocycles. The molecule has 4 heterocycles. The van der Waals surface area contributed by atoms with Crippen LogP contribution in [0.15, 0.2) is 22.6 Å². The fraction of sp³-hybridized carbons (Fsp3) is 0.577. The third kappa shape index (κ3) is 4.79. The lowest BCUT2D eigenvalue weighted by atomic mass is 9.82. The van der Waals surface area contributed by atoms with Gasteiger partial charge in [-0.05, 0) is 32.3 Å². The van der Waals surface area contributed by atoms with Crippen molar-refractivity contribution >= 4 is 30.2 Å². The van der Waals surface area contributed by atoms with Gasteiger partial charge >= 0.3 is 23.9 Å². The summed E-state index contributed by atoms with van der Waals surface area (Å²) in [6.07, 6.45) is -3.21. The topological polar surface area (TPSA) is 148 Å². The molecule has 200 valence electrons. The van der Waals surface area contributed by atoms with Gasteiger partial charge in [0.2, 0.25) is 5.60 Å². The number of carbonyl (C=O) groups excluding carboxylic acids is 5. The summed E-state index contributed by atoms with van der Waals surface area (Å²) in [5, 5.41) is 0. The van der Waals surface area contributed by atoms with Gasteiger partial charge in [0.05, 0.1) is 5.56 Å². The van der Waals surface area contributed by atoms with Gasteiger partial charge in [0.1, 0.15) is 29.8 Å². The van der Waals surface area contributed by atoms with Gasteiger partial charge in [0, 0.05) is 33.6 Å². The Balaban J connectivity index is 1.89. The zero-order valence-corrected chi connectivity index (χ0v) is 21.4. The molecule has 7 atom stereocenters. The number of allylic oxidation sites excluding steroid dienone is 1. The fourth-order valence-electron chi connectivity index (χ4n) is 5.41. The first kappa shape index (κ1) is 26.6. The van der Waals surface area contributed by atoms with E-state index in [1.54, 1.807) is 6.92 Å². The van der Waals surface area contributed by atoms with E-state index in [2.05, 4.69) is 6.58 Å². The van der Waals surface area contributed by atoms with Crippen molar-refractivity contribution in [2.75, 3.05) is 0 Å². The third-order valence-electron chi connectivity index (χ3n) is 7.08. The Morgan fingerprint density at radius 3 is 2.32 bits per heavy atom. The molecule has 0 radical (unpaired) electrons. The summed E-state index contributed by atoms with van der Waals surface area (Å²) in [4.78, 5) is 61.4. The average Bonchev–Trinajstić information content (AvgIpc) is 3.32. The zero-order valence-electron chi connectivity index (χ0n) is 21.4. The van der Waals surface area contributed by atoms with Crippen LogP contribution in [0.3, 0.4) is 0 Å². The van der Waals surface area contributed by atoms with Crippen LogP contribution in [-0.2, 0) is 49.3 Å². The van der Waals surface area contributed by atoms with E-state index in [1.165, 1.54) is 33.8 Å². The minimum atomic E-state index is -1.58. The molecular formula is C26H30O11. The molecule has 0 aromatic carbocycles. The van der Waals surface area contributed by atoms with Crippen LogP contribution < -0.4 is 0 Å². The van der Waals surface area contributed by atoms with Crippen LogP contribution in [0.1, 0.15) is 75.4 Å². The lowest BCUT2D eigenvalue weighted by Crippen LogP contribution is -2.44. The first-order valence-electron chi connectivity index (χ1n) is 12.0. The molecule has 3 aliphatic rings. The Hall–Kier alpha value is -3.47. The number of hydrogen-bond donors (Lipinski definition) is 0. The Kier molecular flexibility index (Phi) is 6.78. The van der Waals surface area contributed by atoms with Gasteiger partial charge in [-0.15, -0.1) is 0 Å². The highest BCUT2D eigenvalue weighted by Crippen LogP contribution is 2.55. The number of hydrogen-bond acceptors (Lipinski definition) is 11. The van der Waals surface area contributed by atoms with Gasteiger partial charge in [0.25, 0.3) is 0 Å². The summed E-state index contributed by atoms with van der Waals surface area (Å²) in [5.41, 5.74) is -2.22. The fourth-order valence-corrected chi connectivity index (χ4v) is 5.41. The number of aldehydes is 1. The Bertz CT molecular complexity index is 1170. The maximum Gasteiger partial charge on any atom is 0.345 e. The molecule has 0 saturated carbocycles. The molecule has 0 aliphatic carbocycles. The maximum absolute atomic E-state index is 13.1. The van der Waals surface area contributed by atoms with Crippen molar-refractivity contribution in [2.45, 2.75) is 89.5 Å². The maximum atomic E-state index is 13.1. The molecule has 2 fully saturated rings. The summed E-state index contributed by atoms with van der Waals surface area (Å²) >= 11 is 0. The largest absolute Gasteiger partial charge is 0.461 e. The molecule has 37 heavy (non-hydrogen) atoms. The van der Waals surface area contributed by atoms with Crippen molar-refractivity contribution in [3.63, 3.8) is 0 Å². The predicted octanol–water partition coefficient (Wildman–Crippen LogP) is 2.54. The SMILES string of the molecule is C=C(C)C1Cc2oc(cc2C=O)C(OC(C)=O)C(C)(OC(C)=O)CC2OC(=O)C3(OC23)C(OC(C)=O)C1. The van der Waals surface area contributed by atoms with Gasteiger partial charge in [-0.2, -0.15) is 0 Å². The number of epoxide rings is 1. The van der Waals surface area contributed by atoms with E-state index in [1.807, 2.05) is 0 Å². The molecule has 11 nitrogen and oxygen atoms in total. The molecule has 0 N–H and O–H groups in total. The Labute approximate surface area is 213 Å². The van der Waals surface area contributed by atoms with Crippen molar-refractivity contribution < 1.29 is 52.1 Å². The van der Waals surface area contributed by atoms with Crippen molar-refractivity contribution in [1.29, 1.82) is 0 Å². The average molecular weight is 519 g/mol. The van der Waals surface area contributed by atoms with Gasteiger partial charge in [-0.1, -0.05) is 12.2 Å². The van der Waals surface area contributed by atoms with E-state index >= 15 is 0 Å². The van der Waals surface area contributed by atoms with Crippen LogP contribution in [0.5, 0.6) is 0 Å². The second kappa shape index (κ2) is 9.44. The van der Waals surface area contributed by atoms with Gasteiger partial charge in [-0.3, -0.25) is 19.2 Å². The Morgan fingerprint density at radius 2 is 1.78 bits per heavy atom. The second-order valence-electron chi connectivity index (χ2n) is 10.1. The highest BCUT2D eigenvalue weighted by molar-refractivity contribution is 5.88. The number of ether oxygens (including phenoxy) is 5. The summed E-state index contributed by atoms with van der Waals surface area (Å²) in [5.74, 6) is -2.71. The molecule has 4 bridgehead atoms. The summed E-state index contributed by atoms with van der Waals surface area (Å²) < 4.78 is 34.4. The van der Waals surface area contributed by atoms with Crippen LogP contribution in [0.2, 0.25) is 0 Å². The smallest absolute Gasteiger partial charge is 0.345 e. The zero-order chi connectivity index (χ0) is 27.3. The molecule has 7 unspecified atom stereocenters. The molecule has 1 aromatic rings. The molecule has 0 spiro atoms. The first-order valence-corrected chi connectivity index (χ1v) is 12.0. The minimum absolute atomic E-state index is 0.0830.